The van der Waals surface area contributed by atoms with Crippen molar-refractivity contribution >= 4 is 28.2 Å². The predicted molar refractivity (Wildman–Crippen MR) is 95.6 cm³/mol. The first-order chi connectivity index (χ1) is 11.3. The number of benzene rings is 1. The molecule has 3 rings (SSSR count). The number of hydrogen-bond donors (Lipinski definition) is 0. The molecule has 0 aliphatic heterocycles. The Kier molecular flexibility index (Phi) is 4.43. The molecular weight excluding hydrogens is 324 g/mol. The van der Waals surface area contributed by atoms with Crippen molar-refractivity contribution in [2.24, 2.45) is 5.92 Å². The van der Waals surface area contributed by atoms with Crippen LogP contribution in [-0.4, -0.2) is 25.3 Å². The van der Waals surface area contributed by atoms with Gasteiger partial charge >= 0.3 is 0 Å². The SMILES string of the molecule is COC[C@H](C)C1=C(Cl)c2ccc3c(c2C(=O)C1=O)CCCC3(C)C. The number of Topliss-reactive ketones (excluding diaryl/α,β-unsaturated/α-hetero) is 2. The van der Waals surface area contributed by atoms with E-state index in [1.807, 2.05) is 13.0 Å². The fraction of sp³-hybridized carbons (Fsp3) is 0.500. The van der Waals surface area contributed by atoms with Crippen molar-refractivity contribution in [1.29, 1.82) is 0 Å². The summed E-state index contributed by atoms with van der Waals surface area (Å²) in [6.45, 7) is 6.60. The summed E-state index contributed by atoms with van der Waals surface area (Å²) in [6, 6.07) is 3.99. The van der Waals surface area contributed by atoms with E-state index in [9.17, 15) is 9.59 Å². The monoisotopic (exact) mass is 346 g/mol. The molecule has 4 heteroatoms. The Morgan fingerprint density at radius 3 is 2.62 bits per heavy atom. The normalized spacial score (nSPS) is 20.7. The summed E-state index contributed by atoms with van der Waals surface area (Å²) < 4.78 is 5.14. The van der Waals surface area contributed by atoms with Crippen molar-refractivity contribution in [3.8, 4) is 0 Å². The minimum absolute atomic E-state index is 0.0196. The molecule has 2 aliphatic rings. The molecular formula is C20H23ClO3. The standard InChI is InChI=1S/C20H23ClO3/c1-11(10-24-4)15-17(21)13-7-8-14-12(6-5-9-20(14,2)3)16(13)19(23)18(15)22/h7-8,11H,5-6,9-10H2,1-4H3/t11-/m0/s1. The highest BCUT2D eigenvalue weighted by Crippen LogP contribution is 2.44. The molecule has 0 aromatic heterocycles. The van der Waals surface area contributed by atoms with Gasteiger partial charge in [-0.1, -0.05) is 44.5 Å². The zero-order valence-corrected chi connectivity index (χ0v) is 15.4. The van der Waals surface area contributed by atoms with Crippen LogP contribution in [0.3, 0.4) is 0 Å². The number of fused-ring (bicyclic) bond motifs is 3. The van der Waals surface area contributed by atoms with Gasteiger partial charge in [0.1, 0.15) is 0 Å². The highest BCUT2D eigenvalue weighted by Gasteiger charge is 2.39. The maximum Gasteiger partial charge on any atom is 0.234 e. The first kappa shape index (κ1) is 17.4. The summed E-state index contributed by atoms with van der Waals surface area (Å²) in [6.07, 6.45) is 2.93. The van der Waals surface area contributed by atoms with Gasteiger partial charge in [-0.2, -0.15) is 0 Å². The molecule has 128 valence electrons. The lowest BCUT2D eigenvalue weighted by molar-refractivity contribution is -0.112. The summed E-state index contributed by atoms with van der Waals surface area (Å²) in [7, 11) is 1.58. The van der Waals surface area contributed by atoms with Crippen molar-refractivity contribution in [1.82, 2.24) is 0 Å². The minimum atomic E-state index is -0.478. The minimum Gasteiger partial charge on any atom is -0.384 e. The Bertz CT molecular complexity index is 758. The van der Waals surface area contributed by atoms with Crippen molar-refractivity contribution in [3.05, 3.63) is 40.0 Å². The van der Waals surface area contributed by atoms with E-state index in [1.54, 1.807) is 7.11 Å². The van der Waals surface area contributed by atoms with Gasteiger partial charge in [-0.05, 0) is 35.8 Å². The average molecular weight is 347 g/mol. The smallest absolute Gasteiger partial charge is 0.234 e. The maximum absolute atomic E-state index is 12.9. The van der Waals surface area contributed by atoms with E-state index in [-0.39, 0.29) is 11.3 Å². The molecule has 24 heavy (non-hydrogen) atoms. The molecule has 0 heterocycles. The van der Waals surface area contributed by atoms with Crippen molar-refractivity contribution in [2.45, 2.75) is 45.4 Å². The van der Waals surface area contributed by atoms with Gasteiger partial charge in [-0.15, -0.1) is 0 Å². The molecule has 0 N–H and O–H groups in total. The first-order valence-electron chi connectivity index (χ1n) is 8.44. The van der Waals surface area contributed by atoms with Crippen molar-refractivity contribution in [3.63, 3.8) is 0 Å². The zero-order valence-electron chi connectivity index (χ0n) is 14.7. The average Bonchev–Trinajstić information content (AvgIpc) is 2.52. The van der Waals surface area contributed by atoms with Crippen LogP contribution in [0.4, 0.5) is 0 Å². The molecule has 1 aromatic rings. The number of carbonyl (C=O) groups excluding carboxylic acids is 2. The van der Waals surface area contributed by atoms with E-state index in [1.165, 1.54) is 5.56 Å². The Morgan fingerprint density at radius 2 is 1.96 bits per heavy atom. The zero-order chi connectivity index (χ0) is 17.6. The fourth-order valence-electron chi connectivity index (χ4n) is 4.08. The van der Waals surface area contributed by atoms with Crippen LogP contribution in [0.2, 0.25) is 0 Å². The fourth-order valence-corrected chi connectivity index (χ4v) is 4.51. The van der Waals surface area contributed by atoms with Gasteiger partial charge in [0.2, 0.25) is 11.6 Å². The van der Waals surface area contributed by atoms with Gasteiger partial charge in [0.25, 0.3) is 0 Å². The number of rotatable bonds is 3. The van der Waals surface area contributed by atoms with E-state index >= 15 is 0 Å². The summed E-state index contributed by atoms with van der Waals surface area (Å²) in [4.78, 5) is 25.6. The Labute approximate surface area is 148 Å². The number of halogens is 1. The lowest BCUT2D eigenvalue weighted by Gasteiger charge is -2.35. The predicted octanol–water partition coefficient (Wildman–Crippen LogP) is 4.30. The summed E-state index contributed by atoms with van der Waals surface area (Å²) in [5, 5.41) is 0.408. The summed E-state index contributed by atoms with van der Waals surface area (Å²) in [5.41, 5.74) is 3.82. The molecule has 0 bridgehead atoms. The molecule has 0 radical (unpaired) electrons. The second-order valence-electron chi connectivity index (χ2n) is 7.49. The van der Waals surface area contributed by atoms with E-state index in [2.05, 4.69) is 19.9 Å². The highest BCUT2D eigenvalue weighted by atomic mass is 35.5. The second-order valence-corrected chi connectivity index (χ2v) is 7.87. The second kappa shape index (κ2) is 6.12. The van der Waals surface area contributed by atoms with Gasteiger partial charge in [0, 0.05) is 29.7 Å². The van der Waals surface area contributed by atoms with E-state index in [0.717, 1.165) is 24.8 Å². The summed E-state index contributed by atoms with van der Waals surface area (Å²) >= 11 is 6.57. The van der Waals surface area contributed by atoms with E-state index in [4.69, 9.17) is 16.3 Å². The van der Waals surface area contributed by atoms with E-state index in [0.29, 0.717) is 28.3 Å². The lowest BCUT2D eigenvalue weighted by atomic mass is 9.69. The van der Waals surface area contributed by atoms with Crippen molar-refractivity contribution < 1.29 is 14.3 Å². The molecule has 1 aromatic carbocycles. The van der Waals surface area contributed by atoms with Crippen LogP contribution in [0.1, 0.15) is 60.7 Å². The Hall–Kier alpha value is -1.45. The van der Waals surface area contributed by atoms with Crippen LogP contribution >= 0.6 is 11.6 Å². The molecule has 0 amide bonds. The van der Waals surface area contributed by atoms with Crippen LogP contribution in [0.5, 0.6) is 0 Å². The van der Waals surface area contributed by atoms with Crippen LogP contribution in [0, 0.1) is 5.92 Å². The molecule has 0 unspecified atom stereocenters. The van der Waals surface area contributed by atoms with Crippen LogP contribution in [-0.2, 0) is 21.4 Å². The molecule has 0 fully saturated rings. The quantitative estimate of drug-likeness (QED) is 0.766. The van der Waals surface area contributed by atoms with Gasteiger partial charge in [0.05, 0.1) is 11.6 Å². The van der Waals surface area contributed by atoms with Gasteiger partial charge in [0.15, 0.2) is 0 Å². The molecule has 1 atom stereocenters. The van der Waals surface area contributed by atoms with Gasteiger partial charge in [-0.3, -0.25) is 9.59 Å². The number of hydrogen-bond acceptors (Lipinski definition) is 3. The number of ether oxygens (including phenoxy) is 1. The van der Waals surface area contributed by atoms with Crippen LogP contribution in [0.15, 0.2) is 17.7 Å². The van der Waals surface area contributed by atoms with Gasteiger partial charge in [-0.25, -0.2) is 0 Å². The molecule has 3 nitrogen and oxygen atoms in total. The molecule has 2 aliphatic carbocycles. The number of carbonyl (C=O) groups is 2. The van der Waals surface area contributed by atoms with Crippen LogP contribution < -0.4 is 0 Å². The largest absolute Gasteiger partial charge is 0.384 e. The van der Waals surface area contributed by atoms with E-state index < -0.39 is 11.6 Å². The first-order valence-corrected chi connectivity index (χ1v) is 8.81. The summed E-state index contributed by atoms with van der Waals surface area (Å²) in [5.74, 6) is -1.10. The molecule has 0 spiro atoms. The molecule has 0 saturated carbocycles. The van der Waals surface area contributed by atoms with Crippen molar-refractivity contribution in [2.75, 3.05) is 13.7 Å². The molecule has 0 saturated heterocycles. The lowest BCUT2D eigenvalue weighted by Crippen LogP contribution is -2.32. The Balaban J connectivity index is 2.23. The third-order valence-electron chi connectivity index (χ3n) is 5.33. The number of methoxy groups -OCH3 is 1. The highest BCUT2D eigenvalue weighted by molar-refractivity contribution is 6.61. The third kappa shape index (κ3) is 2.55. The topological polar surface area (TPSA) is 43.4 Å². The maximum atomic E-state index is 12.9. The van der Waals surface area contributed by atoms with Gasteiger partial charge < -0.3 is 4.74 Å². The number of ketones is 2. The third-order valence-corrected chi connectivity index (χ3v) is 5.74. The van der Waals surface area contributed by atoms with Crippen LogP contribution in [0.25, 0.3) is 5.03 Å². The Morgan fingerprint density at radius 1 is 1.25 bits per heavy atom.